The lowest BCUT2D eigenvalue weighted by molar-refractivity contribution is -0.116. The van der Waals surface area contributed by atoms with E-state index in [4.69, 9.17) is 0 Å². The van der Waals surface area contributed by atoms with Crippen molar-refractivity contribution < 1.29 is 4.79 Å². The fraction of sp³-hybridized carbons (Fsp3) is 0.632. The van der Waals surface area contributed by atoms with E-state index in [2.05, 4.69) is 37.1 Å². The molecule has 1 saturated heterocycles. The molecule has 0 aliphatic carbocycles. The van der Waals surface area contributed by atoms with Crippen molar-refractivity contribution in [2.24, 2.45) is 0 Å². The molecular formula is C19H30N2O. The number of amides is 1. The summed E-state index contributed by atoms with van der Waals surface area (Å²) in [7, 11) is 0. The van der Waals surface area contributed by atoms with Gasteiger partial charge in [0.1, 0.15) is 0 Å². The van der Waals surface area contributed by atoms with Gasteiger partial charge in [-0.2, -0.15) is 0 Å². The topological polar surface area (TPSA) is 32.3 Å². The molecule has 0 spiro atoms. The summed E-state index contributed by atoms with van der Waals surface area (Å²) in [6, 6.07) is 8.79. The first-order valence-electron chi connectivity index (χ1n) is 8.74. The highest BCUT2D eigenvalue weighted by Crippen LogP contribution is 2.24. The molecule has 1 amide bonds. The summed E-state index contributed by atoms with van der Waals surface area (Å²) in [4.78, 5) is 14.8. The van der Waals surface area contributed by atoms with Gasteiger partial charge in [-0.1, -0.05) is 45.4 Å². The normalized spacial score (nSPS) is 19.4. The van der Waals surface area contributed by atoms with Crippen LogP contribution >= 0.6 is 0 Å². The van der Waals surface area contributed by atoms with Gasteiger partial charge in [-0.15, -0.1) is 0 Å². The smallest absolute Gasteiger partial charge is 0.225 e. The Morgan fingerprint density at radius 1 is 1.32 bits per heavy atom. The van der Waals surface area contributed by atoms with E-state index < -0.39 is 0 Å². The van der Waals surface area contributed by atoms with E-state index in [1.807, 2.05) is 18.2 Å². The van der Waals surface area contributed by atoms with Crippen LogP contribution in [0.25, 0.3) is 0 Å². The fourth-order valence-corrected chi connectivity index (χ4v) is 3.39. The molecule has 1 unspecified atom stereocenters. The van der Waals surface area contributed by atoms with Gasteiger partial charge in [-0.25, -0.2) is 0 Å². The summed E-state index contributed by atoms with van der Waals surface area (Å²) in [5, 5.41) is 3.10. The number of carbonyl (C=O) groups excluding carboxylic acids is 1. The molecule has 3 heteroatoms. The minimum atomic E-state index is 0.133. The van der Waals surface area contributed by atoms with Gasteiger partial charge in [-0.3, -0.25) is 9.69 Å². The number of carbonyl (C=O) groups is 1. The zero-order valence-corrected chi connectivity index (χ0v) is 14.3. The Morgan fingerprint density at radius 3 is 2.82 bits per heavy atom. The number of likely N-dealkylation sites (tertiary alicyclic amines) is 1. The maximum atomic E-state index is 12.3. The zero-order valence-electron chi connectivity index (χ0n) is 14.3. The lowest BCUT2D eigenvalue weighted by Crippen LogP contribution is -2.40. The van der Waals surface area contributed by atoms with Crippen LogP contribution in [0.2, 0.25) is 0 Å². The van der Waals surface area contributed by atoms with Crippen LogP contribution in [0, 0.1) is 0 Å². The van der Waals surface area contributed by atoms with Crippen molar-refractivity contribution in [2.75, 3.05) is 18.4 Å². The number of para-hydroxylation sites is 1. The average Bonchev–Trinajstić information content (AvgIpc) is 2.53. The van der Waals surface area contributed by atoms with Crippen LogP contribution in [-0.4, -0.2) is 29.9 Å². The molecule has 1 fully saturated rings. The maximum absolute atomic E-state index is 12.3. The highest BCUT2D eigenvalue weighted by atomic mass is 16.1. The quantitative estimate of drug-likeness (QED) is 0.844. The molecule has 1 aromatic carbocycles. The molecule has 0 bridgehead atoms. The van der Waals surface area contributed by atoms with Crippen molar-refractivity contribution in [1.82, 2.24) is 4.90 Å². The maximum Gasteiger partial charge on any atom is 0.225 e. The number of piperidine rings is 1. The number of hydrogen-bond donors (Lipinski definition) is 1. The van der Waals surface area contributed by atoms with E-state index in [0.717, 1.165) is 18.8 Å². The predicted octanol–water partition coefficient (Wildman–Crippen LogP) is 4.40. The van der Waals surface area contributed by atoms with Gasteiger partial charge >= 0.3 is 0 Å². The summed E-state index contributed by atoms with van der Waals surface area (Å²) in [6.45, 7) is 8.60. The number of nitrogens with zero attached hydrogens (tertiary/aromatic N) is 1. The summed E-state index contributed by atoms with van der Waals surface area (Å²) in [6.07, 6.45) is 5.67. The molecule has 1 aliphatic rings. The van der Waals surface area contributed by atoms with E-state index in [1.54, 1.807) is 0 Å². The molecular weight excluding hydrogens is 272 g/mol. The molecule has 22 heavy (non-hydrogen) atoms. The number of nitrogens with one attached hydrogen (secondary N) is 1. The molecule has 2 rings (SSSR count). The van der Waals surface area contributed by atoms with Crippen LogP contribution in [0.15, 0.2) is 24.3 Å². The largest absolute Gasteiger partial charge is 0.326 e. The van der Waals surface area contributed by atoms with Crippen molar-refractivity contribution in [3.05, 3.63) is 29.8 Å². The molecule has 3 nitrogen and oxygen atoms in total. The van der Waals surface area contributed by atoms with E-state index in [1.165, 1.54) is 31.2 Å². The van der Waals surface area contributed by atoms with Crippen LogP contribution in [0.3, 0.4) is 0 Å². The van der Waals surface area contributed by atoms with Crippen LogP contribution in [0.4, 0.5) is 5.69 Å². The van der Waals surface area contributed by atoms with Crippen molar-refractivity contribution in [3.63, 3.8) is 0 Å². The molecule has 1 heterocycles. The summed E-state index contributed by atoms with van der Waals surface area (Å²) < 4.78 is 0. The molecule has 0 radical (unpaired) electrons. The van der Waals surface area contributed by atoms with E-state index in [9.17, 15) is 4.79 Å². The first kappa shape index (κ1) is 17.0. The second-order valence-corrected chi connectivity index (χ2v) is 6.63. The van der Waals surface area contributed by atoms with Gasteiger partial charge in [0.15, 0.2) is 0 Å². The van der Waals surface area contributed by atoms with E-state index in [0.29, 0.717) is 18.4 Å². The Balaban J connectivity index is 1.88. The minimum absolute atomic E-state index is 0.133. The third-order valence-corrected chi connectivity index (χ3v) is 4.70. The van der Waals surface area contributed by atoms with Gasteiger partial charge in [0.2, 0.25) is 5.91 Å². The molecule has 1 aromatic rings. The summed E-state index contributed by atoms with van der Waals surface area (Å²) in [5.41, 5.74) is 2.17. The Bertz CT molecular complexity index is 484. The molecule has 0 aromatic heterocycles. The Labute approximate surface area is 135 Å². The van der Waals surface area contributed by atoms with Crippen molar-refractivity contribution in [1.29, 1.82) is 0 Å². The van der Waals surface area contributed by atoms with Crippen LogP contribution in [-0.2, 0) is 4.79 Å². The zero-order chi connectivity index (χ0) is 15.9. The SMILES string of the molecule is CCC1CCCCN1CCC(=O)Nc1ccccc1C(C)C. The third-order valence-electron chi connectivity index (χ3n) is 4.70. The fourth-order valence-electron chi connectivity index (χ4n) is 3.39. The highest BCUT2D eigenvalue weighted by Gasteiger charge is 2.21. The number of anilines is 1. The van der Waals surface area contributed by atoms with Crippen molar-refractivity contribution in [3.8, 4) is 0 Å². The first-order valence-corrected chi connectivity index (χ1v) is 8.74. The van der Waals surface area contributed by atoms with Crippen LogP contribution in [0.5, 0.6) is 0 Å². The number of hydrogen-bond acceptors (Lipinski definition) is 2. The standard InChI is InChI=1S/C19H30N2O/c1-4-16-9-7-8-13-21(16)14-12-19(22)20-18-11-6-5-10-17(18)15(2)3/h5-6,10-11,15-16H,4,7-9,12-14H2,1-3H3,(H,20,22). The summed E-state index contributed by atoms with van der Waals surface area (Å²) in [5.74, 6) is 0.552. The Kier molecular flexibility index (Phi) is 6.44. The highest BCUT2D eigenvalue weighted by molar-refractivity contribution is 5.91. The first-order chi connectivity index (χ1) is 10.6. The van der Waals surface area contributed by atoms with Gasteiger partial charge in [-0.05, 0) is 43.4 Å². The van der Waals surface area contributed by atoms with Gasteiger partial charge in [0.05, 0.1) is 0 Å². The minimum Gasteiger partial charge on any atom is -0.326 e. The molecule has 122 valence electrons. The van der Waals surface area contributed by atoms with Crippen LogP contribution < -0.4 is 5.32 Å². The predicted molar refractivity (Wildman–Crippen MR) is 93.3 cm³/mol. The number of rotatable bonds is 6. The summed E-state index contributed by atoms with van der Waals surface area (Å²) >= 11 is 0. The monoisotopic (exact) mass is 302 g/mol. The second-order valence-electron chi connectivity index (χ2n) is 6.63. The molecule has 1 N–H and O–H groups in total. The molecule has 0 saturated carbocycles. The van der Waals surface area contributed by atoms with Crippen molar-refractivity contribution >= 4 is 11.6 Å². The average molecular weight is 302 g/mol. The van der Waals surface area contributed by atoms with Crippen molar-refractivity contribution in [2.45, 2.75) is 64.8 Å². The second kappa shape index (κ2) is 8.33. The molecule has 1 aliphatic heterocycles. The van der Waals surface area contributed by atoms with E-state index in [-0.39, 0.29) is 5.91 Å². The lowest BCUT2D eigenvalue weighted by atomic mass is 9.99. The van der Waals surface area contributed by atoms with Gasteiger partial charge < -0.3 is 5.32 Å². The lowest BCUT2D eigenvalue weighted by Gasteiger charge is -2.35. The Hall–Kier alpha value is -1.35. The Morgan fingerprint density at radius 2 is 2.09 bits per heavy atom. The van der Waals surface area contributed by atoms with Gasteiger partial charge in [0, 0.05) is 24.7 Å². The van der Waals surface area contributed by atoms with Gasteiger partial charge in [0.25, 0.3) is 0 Å². The van der Waals surface area contributed by atoms with Crippen LogP contribution in [0.1, 0.15) is 64.4 Å². The third kappa shape index (κ3) is 4.57. The molecule has 1 atom stereocenters. The number of benzene rings is 1. The van der Waals surface area contributed by atoms with E-state index >= 15 is 0 Å².